The van der Waals surface area contributed by atoms with Crippen LogP contribution in [0.3, 0.4) is 0 Å². The van der Waals surface area contributed by atoms with E-state index in [2.05, 4.69) is 4.74 Å². The third-order valence-electron chi connectivity index (χ3n) is 5.42. The van der Waals surface area contributed by atoms with Crippen LogP contribution in [0.5, 0.6) is 11.5 Å². The second kappa shape index (κ2) is 10.2. The molecule has 0 aromatic heterocycles. The summed E-state index contributed by atoms with van der Waals surface area (Å²) in [5.41, 5.74) is 0.0803. The summed E-state index contributed by atoms with van der Waals surface area (Å²) in [5.74, 6) is -0.967. The van der Waals surface area contributed by atoms with Crippen molar-refractivity contribution in [2.75, 3.05) is 13.1 Å². The lowest BCUT2D eigenvalue weighted by atomic mass is 9.90. The summed E-state index contributed by atoms with van der Waals surface area (Å²) in [6.45, 7) is 3.80. The Labute approximate surface area is 195 Å². The number of piperidine rings is 1. The van der Waals surface area contributed by atoms with Gasteiger partial charge in [-0.1, -0.05) is 24.3 Å². The lowest BCUT2D eigenvalue weighted by Gasteiger charge is -2.32. The SMILES string of the molecule is CC(C)(Oc1cccc([C@@H]2CCCN(C(=O)OCc3ccc(OC(F)(F)F)cc3)C2)c1)C(=O)O. The highest BCUT2D eigenvalue weighted by atomic mass is 19.4. The molecule has 1 fully saturated rings. The lowest BCUT2D eigenvalue weighted by molar-refractivity contribution is -0.274. The van der Waals surface area contributed by atoms with E-state index in [9.17, 15) is 27.9 Å². The van der Waals surface area contributed by atoms with E-state index in [-0.39, 0.29) is 18.3 Å². The predicted octanol–water partition coefficient (Wildman–Crippen LogP) is 5.34. The molecule has 184 valence electrons. The second-order valence-electron chi connectivity index (χ2n) is 8.52. The summed E-state index contributed by atoms with van der Waals surface area (Å²) in [4.78, 5) is 25.5. The number of rotatable bonds is 7. The summed E-state index contributed by atoms with van der Waals surface area (Å²) in [6, 6.07) is 12.3. The number of likely N-dealkylation sites (tertiary alicyclic amines) is 1. The van der Waals surface area contributed by atoms with Crippen molar-refractivity contribution in [3.8, 4) is 11.5 Å². The molecule has 3 rings (SSSR count). The Kier molecular flexibility index (Phi) is 7.58. The van der Waals surface area contributed by atoms with E-state index in [0.717, 1.165) is 30.5 Å². The van der Waals surface area contributed by atoms with Gasteiger partial charge >= 0.3 is 18.4 Å². The van der Waals surface area contributed by atoms with Gasteiger partial charge in [-0.05, 0) is 62.1 Å². The standard InChI is InChI=1S/C24H26F3NO6/c1-23(2,21(29)30)33-20-7-3-5-17(13-20)18-6-4-12-28(14-18)22(31)32-15-16-8-10-19(11-9-16)34-24(25,26)27/h3,5,7-11,13,18H,4,6,12,14-15H2,1-2H3,(H,29,30)/t18-/m1/s1. The van der Waals surface area contributed by atoms with Crippen molar-refractivity contribution in [2.24, 2.45) is 0 Å². The van der Waals surface area contributed by atoms with Gasteiger partial charge in [0.1, 0.15) is 18.1 Å². The molecule has 2 aromatic carbocycles. The third-order valence-corrected chi connectivity index (χ3v) is 5.42. The van der Waals surface area contributed by atoms with E-state index >= 15 is 0 Å². The van der Waals surface area contributed by atoms with Crippen molar-refractivity contribution >= 4 is 12.1 Å². The molecular weight excluding hydrogens is 455 g/mol. The molecule has 34 heavy (non-hydrogen) atoms. The van der Waals surface area contributed by atoms with E-state index in [1.807, 2.05) is 6.07 Å². The molecule has 0 saturated carbocycles. The van der Waals surface area contributed by atoms with Gasteiger partial charge in [0.15, 0.2) is 5.60 Å². The van der Waals surface area contributed by atoms with E-state index in [4.69, 9.17) is 9.47 Å². The molecule has 1 atom stereocenters. The van der Waals surface area contributed by atoms with E-state index < -0.39 is 24.0 Å². The minimum Gasteiger partial charge on any atom is -0.478 e. The minimum absolute atomic E-state index is 0.0246. The zero-order chi connectivity index (χ0) is 24.9. The zero-order valence-corrected chi connectivity index (χ0v) is 18.8. The van der Waals surface area contributed by atoms with Crippen LogP contribution in [0, 0.1) is 0 Å². The van der Waals surface area contributed by atoms with Crippen LogP contribution in [0.15, 0.2) is 48.5 Å². The number of halogens is 3. The largest absolute Gasteiger partial charge is 0.573 e. The topological polar surface area (TPSA) is 85.3 Å². The molecule has 1 heterocycles. The monoisotopic (exact) mass is 481 g/mol. The van der Waals surface area contributed by atoms with Gasteiger partial charge in [0, 0.05) is 19.0 Å². The van der Waals surface area contributed by atoms with E-state index in [0.29, 0.717) is 24.4 Å². The highest BCUT2D eigenvalue weighted by molar-refractivity contribution is 5.76. The maximum absolute atomic E-state index is 12.6. The Morgan fingerprint density at radius 3 is 2.41 bits per heavy atom. The number of amides is 1. The number of aliphatic carboxylic acids is 1. The molecule has 0 bridgehead atoms. The maximum Gasteiger partial charge on any atom is 0.573 e. The first kappa shape index (κ1) is 25.2. The first-order valence-corrected chi connectivity index (χ1v) is 10.7. The molecule has 0 unspecified atom stereocenters. The van der Waals surface area contributed by atoms with Crippen LogP contribution in [-0.2, 0) is 16.1 Å². The molecule has 1 N–H and O–H groups in total. The summed E-state index contributed by atoms with van der Waals surface area (Å²) in [6.07, 6.45) is -3.68. The van der Waals surface area contributed by atoms with Crippen molar-refractivity contribution < 1.29 is 42.1 Å². The number of ether oxygens (including phenoxy) is 3. The van der Waals surface area contributed by atoms with Crippen LogP contribution in [0.25, 0.3) is 0 Å². The fourth-order valence-corrected chi connectivity index (χ4v) is 3.61. The Balaban J connectivity index is 1.57. The van der Waals surface area contributed by atoms with Crippen molar-refractivity contribution in [3.63, 3.8) is 0 Å². The van der Waals surface area contributed by atoms with Gasteiger partial charge in [-0.15, -0.1) is 13.2 Å². The number of alkyl halides is 3. The molecule has 1 amide bonds. The van der Waals surface area contributed by atoms with Gasteiger partial charge < -0.3 is 24.2 Å². The number of carbonyl (C=O) groups is 2. The van der Waals surface area contributed by atoms with Crippen LogP contribution in [0.1, 0.15) is 43.7 Å². The average molecular weight is 481 g/mol. The van der Waals surface area contributed by atoms with Crippen LogP contribution in [0.4, 0.5) is 18.0 Å². The Hall–Kier alpha value is -3.43. The fourth-order valence-electron chi connectivity index (χ4n) is 3.61. The summed E-state index contributed by atoms with van der Waals surface area (Å²) >= 11 is 0. The average Bonchev–Trinajstić information content (AvgIpc) is 2.77. The van der Waals surface area contributed by atoms with Gasteiger partial charge in [-0.2, -0.15) is 0 Å². The van der Waals surface area contributed by atoms with Crippen LogP contribution >= 0.6 is 0 Å². The van der Waals surface area contributed by atoms with Gasteiger partial charge in [-0.3, -0.25) is 0 Å². The number of benzene rings is 2. The normalized spacial score (nSPS) is 16.6. The number of nitrogens with zero attached hydrogens (tertiary/aromatic N) is 1. The molecular formula is C24H26F3NO6. The van der Waals surface area contributed by atoms with Crippen molar-refractivity contribution in [2.45, 2.75) is 51.2 Å². The number of carboxylic acids is 1. The number of hydrogen-bond acceptors (Lipinski definition) is 5. The molecule has 0 spiro atoms. The number of hydrogen-bond donors (Lipinski definition) is 1. The lowest BCUT2D eigenvalue weighted by Crippen LogP contribution is -2.39. The van der Waals surface area contributed by atoms with Gasteiger partial charge in [0.2, 0.25) is 0 Å². The van der Waals surface area contributed by atoms with Gasteiger partial charge in [0.25, 0.3) is 0 Å². The predicted molar refractivity (Wildman–Crippen MR) is 116 cm³/mol. The van der Waals surface area contributed by atoms with Gasteiger partial charge in [-0.25, -0.2) is 9.59 Å². The number of carbonyl (C=O) groups excluding carboxylic acids is 1. The molecule has 0 aliphatic carbocycles. The molecule has 2 aromatic rings. The van der Waals surface area contributed by atoms with Crippen molar-refractivity contribution in [1.29, 1.82) is 0 Å². The summed E-state index contributed by atoms with van der Waals surface area (Å²) < 4.78 is 51.5. The Morgan fingerprint density at radius 2 is 1.76 bits per heavy atom. The van der Waals surface area contributed by atoms with Crippen LogP contribution < -0.4 is 9.47 Å². The van der Waals surface area contributed by atoms with Crippen molar-refractivity contribution in [1.82, 2.24) is 4.90 Å². The van der Waals surface area contributed by atoms with Crippen LogP contribution in [0.2, 0.25) is 0 Å². The van der Waals surface area contributed by atoms with Crippen LogP contribution in [-0.4, -0.2) is 47.1 Å². The van der Waals surface area contributed by atoms with Crippen molar-refractivity contribution in [3.05, 3.63) is 59.7 Å². The molecule has 10 heteroatoms. The summed E-state index contributed by atoms with van der Waals surface area (Å²) in [7, 11) is 0. The smallest absolute Gasteiger partial charge is 0.478 e. The molecule has 1 aliphatic rings. The Morgan fingerprint density at radius 1 is 1.06 bits per heavy atom. The molecule has 1 saturated heterocycles. The quantitative estimate of drug-likeness (QED) is 0.574. The molecule has 1 aliphatic heterocycles. The molecule has 7 nitrogen and oxygen atoms in total. The Bertz CT molecular complexity index is 1010. The second-order valence-corrected chi connectivity index (χ2v) is 8.52. The highest BCUT2D eigenvalue weighted by Gasteiger charge is 2.31. The number of carboxylic acid groups (broad SMARTS) is 1. The third kappa shape index (κ3) is 7.03. The van der Waals surface area contributed by atoms with E-state index in [1.54, 1.807) is 23.1 Å². The minimum atomic E-state index is -4.77. The summed E-state index contributed by atoms with van der Waals surface area (Å²) in [5, 5.41) is 9.27. The molecule has 0 radical (unpaired) electrons. The first-order chi connectivity index (χ1) is 15.9. The maximum atomic E-state index is 12.6. The zero-order valence-electron chi connectivity index (χ0n) is 18.8. The van der Waals surface area contributed by atoms with E-state index in [1.165, 1.54) is 26.0 Å². The first-order valence-electron chi connectivity index (χ1n) is 10.7. The highest BCUT2D eigenvalue weighted by Crippen LogP contribution is 2.31. The van der Waals surface area contributed by atoms with Gasteiger partial charge in [0.05, 0.1) is 0 Å². The fraction of sp³-hybridized carbons (Fsp3) is 0.417.